The van der Waals surface area contributed by atoms with Crippen LogP contribution in [0.5, 0.6) is 5.88 Å². The van der Waals surface area contributed by atoms with Gasteiger partial charge in [-0.15, -0.1) is 0 Å². The Labute approximate surface area is 136 Å². The Balaban J connectivity index is 1.91. The third-order valence-corrected chi connectivity index (χ3v) is 4.69. The van der Waals surface area contributed by atoms with Crippen molar-refractivity contribution in [3.05, 3.63) is 23.0 Å². The van der Waals surface area contributed by atoms with E-state index in [1.807, 2.05) is 25.6 Å². The summed E-state index contributed by atoms with van der Waals surface area (Å²) in [4.78, 5) is 6.92. The number of hydrogen-bond acceptors (Lipinski definition) is 6. The van der Waals surface area contributed by atoms with Gasteiger partial charge in [-0.25, -0.2) is 4.68 Å². The van der Waals surface area contributed by atoms with Gasteiger partial charge in [0.25, 0.3) is 0 Å². The number of hydrogen-bond donors (Lipinski definition) is 0. The second-order valence-corrected chi connectivity index (χ2v) is 6.11. The predicted octanol–water partition coefficient (Wildman–Crippen LogP) is 2.58. The smallest absolute Gasteiger partial charge is 0.243 e. The molecule has 126 valence electrons. The van der Waals surface area contributed by atoms with Crippen LogP contribution in [0.2, 0.25) is 0 Å². The van der Waals surface area contributed by atoms with Gasteiger partial charge in [-0.1, -0.05) is 12.1 Å². The predicted molar refractivity (Wildman–Crippen MR) is 85.3 cm³/mol. The van der Waals surface area contributed by atoms with E-state index in [1.165, 1.54) is 5.56 Å². The molecular weight excluding hydrogens is 294 g/mol. The van der Waals surface area contributed by atoms with Crippen molar-refractivity contribution >= 4 is 0 Å². The first-order valence-electron chi connectivity index (χ1n) is 8.22. The quantitative estimate of drug-likeness (QED) is 0.843. The van der Waals surface area contributed by atoms with Crippen LogP contribution in [0.25, 0.3) is 0 Å². The van der Waals surface area contributed by atoms with Gasteiger partial charge >= 0.3 is 0 Å². The first kappa shape index (κ1) is 16.0. The highest BCUT2D eigenvalue weighted by atomic mass is 16.5. The number of methoxy groups -OCH3 is 1. The molecule has 2 atom stereocenters. The van der Waals surface area contributed by atoms with Crippen LogP contribution < -0.4 is 4.74 Å². The minimum absolute atomic E-state index is 0.0830. The lowest BCUT2D eigenvalue weighted by Gasteiger charge is -2.28. The van der Waals surface area contributed by atoms with Gasteiger partial charge in [0.1, 0.15) is 0 Å². The first-order chi connectivity index (χ1) is 11.1. The van der Waals surface area contributed by atoms with Crippen molar-refractivity contribution < 1.29 is 9.26 Å². The van der Waals surface area contributed by atoms with E-state index in [0.29, 0.717) is 5.89 Å². The van der Waals surface area contributed by atoms with E-state index in [4.69, 9.17) is 9.26 Å². The maximum Gasteiger partial charge on any atom is 0.243 e. The molecule has 3 heterocycles. The molecule has 23 heavy (non-hydrogen) atoms. The normalized spacial score (nSPS) is 20.1. The Morgan fingerprint density at radius 3 is 2.87 bits per heavy atom. The molecule has 3 rings (SSSR count). The van der Waals surface area contributed by atoms with Crippen molar-refractivity contribution in [2.45, 2.75) is 52.1 Å². The van der Waals surface area contributed by atoms with E-state index in [-0.39, 0.29) is 12.1 Å². The molecule has 2 aromatic rings. The zero-order valence-corrected chi connectivity index (χ0v) is 14.5. The van der Waals surface area contributed by atoms with Gasteiger partial charge in [0, 0.05) is 19.5 Å². The fourth-order valence-electron chi connectivity index (χ4n) is 3.56. The molecule has 0 aromatic carbocycles. The number of rotatable bonds is 5. The molecule has 0 spiro atoms. The average Bonchev–Trinajstić information content (AvgIpc) is 3.24. The Morgan fingerprint density at radius 2 is 2.22 bits per heavy atom. The summed E-state index contributed by atoms with van der Waals surface area (Å²) in [7, 11) is 3.62. The zero-order chi connectivity index (χ0) is 16.6. The minimum Gasteiger partial charge on any atom is -0.481 e. The zero-order valence-electron chi connectivity index (χ0n) is 14.5. The van der Waals surface area contributed by atoms with Crippen LogP contribution in [-0.4, -0.2) is 38.5 Å². The largest absolute Gasteiger partial charge is 0.481 e. The van der Waals surface area contributed by atoms with Gasteiger partial charge in [-0.2, -0.15) is 10.1 Å². The van der Waals surface area contributed by atoms with E-state index in [0.717, 1.165) is 43.2 Å². The second-order valence-electron chi connectivity index (χ2n) is 6.11. The van der Waals surface area contributed by atoms with Crippen LogP contribution in [0.15, 0.2) is 4.52 Å². The topological polar surface area (TPSA) is 69.2 Å². The molecule has 1 aliphatic rings. The maximum absolute atomic E-state index is 5.59. The molecule has 0 bridgehead atoms. The van der Waals surface area contributed by atoms with Gasteiger partial charge in [0.15, 0.2) is 5.82 Å². The lowest BCUT2D eigenvalue weighted by molar-refractivity contribution is 0.156. The summed E-state index contributed by atoms with van der Waals surface area (Å²) >= 11 is 0. The van der Waals surface area contributed by atoms with Crippen LogP contribution in [0, 0.1) is 6.92 Å². The summed E-state index contributed by atoms with van der Waals surface area (Å²) < 4.78 is 12.9. The third-order valence-electron chi connectivity index (χ3n) is 4.69. The first-order valence-corrected chi connectivity index (χ1v) is 8.22. The number of aromatic nitrogens is 4. The van der Waals surface area contributed by atoms with Crippen molar-refractivity contribution in [2.24, 2.45) is 7.05 Å². The van der Waals surface area contributed by atoms with Crippen molar-refractivity contribution in [3.8, 4) is 5.88 Å². The molecule has 0 aliphatic carbocycles. The van der Waals surface area contributed by atoms with Gasteiger partial charge in [-0.3, -0.25) is 4.90 Å². The molecule has 0 amide bonds. The van der Waals surface area contributed by atoms with Crippen LogP contribution in [0.1, 0.15) is 61.7 Å². The summed E-state index contributed by atoms with van der Waals surface area (Å²) in [5.41, 5.74) is 2.20. The molecular formula is C16H25N5O2. The standard InChI is InChI=1S/C16H25N5O2/c1-6-13-17-15(23-19-13)11(3)21-9-7-8-12(21)14-10(2)18-20(4)16(14)22-5/h11-12H,6-9H2,1-5H3. The molecule has 7 nitrogen and oxygen atoms in total. The van der Waals surface area contributed by atoms with Crippen molar-refractivity contribution in [2.75, 3.05) is 13.7 Å². The Morgan fingerprint density at radius 1 is 1.43 bits per heavy atom. The highest BCUT2D eigenvalue weighted by molar-refractivity contribution is 5.35. The maximum atomic E-state index is 5.59. The number of ether oxygens (including phenoxy) is 1. The van der Waals surface area contributed by atoms with Gasteiger partial charge < -0.3 is 9.26 Å². The van der Waals surface area contributed by atoms with Crippen molar-refractivity contribution in [1.29, 1.82) is 0 Å². The van der Waals surface area contributed by atoms with E-state index < -0.39 is 0 Å². The Bertz CT molecular complexity index is 678. The van der Waals surface area contributed by atoms with E-state index >= 15 is 0 Å². The minimum atomic E-state index is 0.0830. The molecule has 0 N–H and O–H groups in total. The lowest BCUT2D eigenvalue weighted by Crippen LogP contribution is -2.27. The third kappa shape index (κ3) is 2.73. The van der Waals surface area contributed by atoms with Crippen molar-refractivity contribution in [3.63, 3.8) is 0 Å². The highest BCUT2D eigenvalue weighted by Crippen LogP contribution is 2.42. The molecule has 2 unspecified atom stereocenters. The number of likely N-dealkylation sites (tertiary alicyclic amines) is 1. The van der Waals surface area contributed by atoms with E-state index in [2.05, 4.69) is 27.1 Å². The summed E-state index contributed by atoms with van der Waals surface area (Å²) in [5.74, 6) is 2.29. The lowest BCUT2D eigenvalue weighted by atomic mass is 10.0. The monoisotopic (exact) mass is 319 g/mol. The average molecular weight is 319 g/mol. The molecule has 1 aliphatic heterocycles. The SMILES string of the molecule is CCc1noc(C(C)N2CCCC2c2c(C)nn(C)c2OC)n1. The van der Waals surface area contributed by atoms with Gasteiger partial charge in [-0.05, 0) is 33.2 Å². The van der Waals surface area contributed by atoms with Gasteiger partial charge in [0.05, 0.1) is 24.4 Å². The molecule has 7 heteroatoms. The van der Waals surface area contributed by atoms with Crippen LogP contribution in [0.4, 0.5) is 0 Å². The van der Waals surface area contributed by atoms with Crippen LogP contribution in [0.3, 0.4) is 0 Å². The van der Waals surface area contributed by atoms with Gasteiger partial charge in [0.2, 0.25) is 11.8 Å². The Hall–Kier alpha value is -1.89. The van der Waals surface area contributed by atoms with Crippen molar-refractivity contribution in [1.82, 2.24) is 24.8 Å². The Kier molecular flexibility index (Phi) is 4.39. The summed E-state index contributed by atoms with van der Waals surface area (Å²) in [6.07, 6.45) is 3.01. The molecule has 1 fully saturated rings. The molecule has 0 saturated carbocycles. The number of nitrogens with zero attached hydrogens (tertiary/aromatic N) is 5. The van der Waals surface area contributed by atoms with E-state index in [1.54, 1.807) is 7.11 Å². The fraction of sp³-hybridized carbons (Fsp3) is 0.688. The fourth-order valence-corrected chi connectivity index (χ4v) is 3.56. The molecule has 1 saturated heterocycles. The van der Waals surface area contributed by atoms with E-state index in [9.17, 15) is 0 Å². The highest BCUT2D eigenvalue weighted by Gasteiger charge is 2.36. The summed E-state index contributed by atoms with van der Waals surface area (Å²) in [6.45, 7) is 7.21. The molecule has 0 radical (unpaired) electrons. The number of aryl methyl sites for hydroxylation is 3. The molecule has 2 aromatic heterocycles. The van der Waals surface area contributed by atoms with Crippen LogP contribution in [-0.2, 0) is 13.5 Å². The summed E-state index contributed by atoms with van der Waals surface area (Å²) in [5, 5.41) is 8.55. The second kappa shape index (κ2) is 6.31. The summed E-state index contributed by atoms with van der Waals surface area (Å²) in [6, 6.07) is 0.352. The van der Waals surface area contributed by atoms with Crippen LogP contribution >= 0.6 is 0 Å².